The molecule has 0 aromatic rings. The number of carbonyl (C=O) groups excluding carboxylic acids is 1. The van der Waals surface area contributed by atoms with E-state index in [2.05, 4.69) is 32.9 Å². The van der Waals surface area contributed by atoms with Crippen molar-refractivity contribution in [2.75, 3.05) is 6.61 Å². The van der Waals surface area contributed by atoms with E-state index in [0.29, 0.717) is 12.3 Å². The molecule has 1 aliphatic rings. The molecule has 0 spiro atoms. The highest BCUT2D eigenvalue weighted by Gasteiger charge is 2.30. The van der Waals surface area contributed by atoms with Crippen LogP contribution in [0.25, 0.3) is 0 Å². The Labute approximate surface area is 159 Å². The minimum Gasteiger partial charge on any atom is -0.375 e. The smallest absolute Gasteiger partial charge is 0.277 e. The van der Waals surface area contributed by atoms with Crippen LogP contribution in [0.2, 0.25) is 0 Å². The third kappa shape index (κ3) is 8.65. The zero-order valence-corrected chi connectivity index (χ0v) is 16.9. The molecular weight excluding hydrogens is 330 g/mol. The molecule has 152 valence electrons. The largest absolute Gasteiger partial charge is 0.375 e. The van der Waals surface area contributed by atoms with Crippen molar-refractivity contribution < 1.29 is 19.7 Å². The van der Waals surface area contributed by atoms with Crippen molar-refractivity contribution in [1.29, 1.82) is 0 Å². The maximum Gasteiger partial charge on any atom is 0.277 e. The lowest BCUT2D eigenvalue weighted by Gasteiger charge is -2.24. The highest BCUT2D eigenvalue weighted by Crippen LogP contribution is 2.36. The molecule has 0 aromatic carbocycles. The van der Waals surface area contributed by atoms with Gasteiger partial charge in [-0.15, -0.1) is 0 Å². The fourth-order valence-corrected chi connectivity index (χ4v) is 3.72. The first kappa shape index (κ1) is 23.1. The van der Waals surface area contributed by atoms with Crippen molar-refractivity contribution in [3.05, 3.63) is 12.2 Å². The van der Waals surface area contributed by atoms with Crippen molar-refractivity contribution in [1.82, 2.24) is 0 Å². The second-order valence-corrected chi connectivity index (χ2v) is 8.38. The van der Waals surface area contributed by atoms with Gasteiger partial charge in [0.25, 0.3) is 5.91 Å². The number of nitrogens with two attached hydrogens (primary N) is 1. The van der Waals surface area contributed by atoms with E-state index in [4.69, 9.17) is 10.5 Å². The normalized spacial score (nSPS) is 21.6. The topological polar surface area (TPSA) is 92.8 Å². The molecule has 1 amide bonds. The lowest BCUT2D eigenvalue weighted by Crippen LogP contribution is -2.43. The average Bonchev–Trinajstić information content (AvgIpc) is 2.99. The lowest BCUT2D eigenvalue weighted by molar-refractivity contribution is -0.184. The van der Waals surface area contributed by atoms with Gasteiger partial charge in [0, 0.05) is 13.0 Å². The number of amides is 1. The summed E-state index contributed by atoms with van der Waals surface area (Å²) in [6, 6.07) is 0. The van der Waals surface area contributed by atoms with E-state index in [1.54, 1.807) is 0 Å². The van der Waals surface area contributed by atoms with E-state index < -0.39 is 11.7 Å². The molecule has 0 radical (unpaired) electrons. The quantitative estimate of drug-likeness (QED) is 0.262. The standard InChI is InChI=1S/C21H39NO4/c1-4-16-26-20(2,3)14-9-13-18-12-8-11-17(18)10-6-5-7-15-21(24,25)19(22)23/h9,13,17-18,24-25H,4-8,10-12,14-16H2,1-3H3,(H2,22,23)/t17-,18+/m0/s1. The number of primary amides is 1. The van der Waals surface area contributed by atoms with Crippen LogP contribution in [-0.4, -0.2) is 34.1 Å². The van der Waals surface area contributed by atoms with E-state index in [1.165, 1.54) is 19.3 Å². The molecule has 0 saturated heterocycles. The number of ether oxygens (including phenoxy) is 1. The van der Waals surface area contributed by atoms with Gasteiger partial charge in [-0.1, -0.05) is 38.3 Å². The summed E-state index contributed by atoms with van der Waals surface area (Å²) in [6.45, 7) is 7.23. The Bertz CT molecular complexity index is 445. The number of rotatable bonds is 13. The van der Waals surface area contributed by atoms with Gasteiger partial charge >= 0.3 is 0 Å². The Morgan fingerprint density at radius 2 is 1.96 bits per heavy atom. The number of hydrogen-bond donors (Lipinski definition) is 3. The highest BCUT2D eigenvalue weighted by molar-refractivity contribution is 5.81. The Morgan fingerprint density at radius 3 is 2.62 bits per heavy atom. The molecule has 0 aliphatic heterocycles. The van der Waals surface area contributed by atoms with Gasteiger partial charge in [0.1, 0.15) is 0 Å². The van der Waals surface area contributed by atoms with E-state index in [9.17, 15) is 15.0 Å². The molecule has 0 bridgehead atoms. The number of aliphatic hydroxyl groups is 2. The first-order valence-corrected chi connectivity index (χ1v) is 10.2. The molecule has 2 atom stereocenters. The second kappa shape index (κ2) is 11.1. The molecule has 1 saturated carbocycles. The molecule has 5 nitrogen and oxygen atoms in total. The summed E-state index contributed by atoms with van der Waals surface area (Å²) in [5.41, 5.74) is 4.86. The van der Waals surface area contributed by atoms with Crippen LogP contribution in [0.3, 0.4) is 0 Å². The van der Waals surface area contributed by atoms with Crippen molar-refractivity contribution in [2.24, 2.45) is 17.6 Å². The molecule has 4 N–H and O–H groups in total. The van der Waals surface area contributed by atoms with Gasteiger partial charge in [-0.25, -0.2) is 0 Å². The summed E-state index contributed by atoms with van der Waals surface area (Å²) in [5, 5.41) is 18.8. The lowest BCUT2D eigenvalue weighted by atomic mass is 9.89. The zero-order chi connectivity index (χ0) is 19.6. The van der Waals surface area contributed by atoms with Gasteiger partial charge in [0.15, 0.2) is 0 Å². The second-order valence-electron chi connectivity index (χ2n) is 8.38. The van der Waals surface area contributed by atoms with Gasteiger partial charge in [-0.05, 0) is 64.2 Å². The predicted octanol–water partition coefficient (Wildman–Crippen LogP) is 3.67. The molecule has 1 aliphatic carbocycles. The first-order valence-electron chi connectivity index (χ1n) is 10.2. The molecular formula is C21H39NO4. The molecule has 0 heterocycles. The Balaban J connectivity index is 2.28. The van der Waals surface area contributed by atoms with E-state index in [0.717, 1.165) is 44.6 Å². The van der Waals surface area contributed by atoms with Crippen LogP contribution in [0.15, 0.2) is 12.2 Å². The summed E-state index contributed by atoms with van der Waals surface area (Å²) in [4.78, 5) is 10.9. The summed E-state index contributed by atoms with van der Waals surface area (Å²) in [5.74, 6) is -2.05. The maximum absolute atomic E-state index is 10.9. The van der Waals surface area contributed by atoms with Crippen LogP contribution in [-0.2, 0) is 9.53 Å². The summed E-state index contributed by atoms with van der Waals surface area (Å²) < 4.78 is 5.88. The van der Waals surface area contributed by atoms with Gasteiger partial charge in [-0.2, -0.15) is 0 Å². The van der Waals surface area contributed by atoms with E-state index in [1.807, 2.05) is 0 Å². The van der Waals surface area contributed by atoms with Gasteiger partial charge in [0.05, 0.1) is 5.60 Å². The number of hydrogen-bond acceptors (Lipinski definition) is 4. The van der Waals surface area contributed by atoms with Crippen LogP contribution < -0.4 is 5.73 Å². The third-order valence-electron chi connectivity index (χ3n) is 5.40. The maximum atomic E-state index is 10.9. The Morgan fingerprint density at radius 1 is 1.23 bits per heavy atom. The van der Waals surface area contributed by atoms with Crippen LogP contribution in [0, 0.1) is 11.8 Å². The molecule has 0 unspecified atom stereocenters. The van der Waals surface area contributed by atoms with Crippen LogP contribution in [0.4, 0.5) is 0 Å². The molecule has 0 aromatic heterocycles. The first-order chi connectivity index (χ1) is 12.2. The monoisotopic (exact) mass is 369 g/mol. The van der Waals surface area contributed by atoms with Crippen molar-refractivity contribution in [3.8, 4) is 0 Å². The molecule has 5 heteroatoms. The Kier molecular flexibility index (Phi) is 9.83. The average molecular weight is 370 g/mol. The molecule has 26 heavy (non-hydrogen) atoms. The predicted molar refractivity (Wildman–Crippen MR) is 104 cm³/mol. The van der Waals surface area contributed by atoms with E-state index >= 15 is 0 Å². The zero-order valence-electron chi connectivity index (χ0n) is 16.9. The number of allylic oxidation sites excluding steroid dienone is 1. The van der Waals surface area contributed by atoms with Crippen LogP contribution in [0.5, 0.6) is 0 Å². The number of unbranched alkanes of at least 4 members (excludes halogenated alkanes) is 2. The van der Waals surface area contributed by atoms with Crippen molar-refractivity contribution >= 4 is 5.91 Å². The van der Waals surface area contributed by atoms with E-state index in [-0.39, 0.29) is 12.0 Å². The Hall–Kier alpha value is -0.910. The van der Waals surface area contributed by atoms with Gasteiger partial charge in [0.2, 0.25) is 5.79 Å². The molecule has 1 fully saturated rings. The summed E-state index contributed by atoms with van der Waals surface area (Å²) >= 11 is 0. The fraction of sp³-hybridized carbons (Fsp3) is 0.857. The minimum atomic E-state index is -2.36. The van der Waals surface area contributed by atoms with Crippen molar-refractivity contribution in [3.63, 3.8) is 0 Å². The highest BCUT2D eigenvalue weighted by atomic mass is 16.5. The fourth-order valence-electron chi connectivity index (χ4n) is 3.72. The summed E-state index contributed by atoms with van der Waals surface area (Å²) in [7, 11) is 0. The van der Waals surface area contributed by atoms with Gasteiger partial charge < -0.3 is 20.7 Å². The van der Waals surface area contributed by atoms with Crippen LogP contribution in [0.1, 0.15) is 85.0 Å². The van der Waals surface area contributed by atoms with Crippen LogP contribution >= 0.6 is 0 Å². The minimum absolute atomic E-state index is 0.0170. The van der Waals surface area contributed by atoms with Gasteiger partial charge in [-0.3, -0.25) is 4.79 Å². The van der Waals surface area contributed by atoms with Crippen molar-refractivity contribution in [2.45, 2.75) is 96.4 Å². The summed E-state index contributed by atoms with van der Waals surface area (Å²) in [6.07, 6.45) is 14.2. The SMILES string of the molecule is CCCOC(C)(C)CC=C[C@H]1CCC[C@@H]1CCCCCC(O)(O)C(N)=O. The number of carbonyl (C=O) groups is 1. The molecule has 1 rings (SSSR count). The third-order valence-corrected chi connectivity index (χ3v) is 5.40.